The summed E-state index contributed by atoms with van der Waals surface area (Å²) in [7, 11) is -3.67. The Morgan fingerprint density at radius 1 is 1.27 bits per heavy atom. The van der Waals surface area contributed by atoms with Gasteiger partial charge in [0.25, 0.3) is 0 Å². The number of rotatable bonds is 5. The zero-order valence-electron chi connectivity index (χ0n) is 18.5. The number of urea groups is 1. The number of aromatic nitrogens is 2. The first kappa shape index (κ1) is 21.7. The largest absolute Gasteiger partial charge is 0.477 e. The van der Waals surface area contributed by atoms with E-state index in [4.69, 9.17) is 9.52 Å². The summed E-state index contributed by atoms with van der Waals surface area (Å²) in [4.78, 5) is 24.6. The maximum Gasteiger partial charge on any atom is 0.331 e. The molecule has 2 atom stereocenters. The molecule has 2 unspecified atom stereocenters. The van der Waals surface area contributed by atoms with Gasteiger partial charge in [-0.2, -0.15) is 5.10 Å². The molecular formula is C22H28N6O4S. The van der Waals surface area contributed by atoms with E-state index in [0.717, 1.165) is 55.3 Å². The molecule has 0 saturated carbocycles. The molecule has 0 saturated heterocycles. The number of amides is 3. The van der Waals surface area contributed by atoms with Crippen LogP contribution in [-0.4, -0.2) is 39.1 Å². The minimum Gasteiger partial charge on any atom is -0.477 e. The van der Waals surface area contributed by atoms with Crippen molar-refractivity contribution in [1.29, 1.82) is 4.78 Å². The quantitative estimate of drug-likeness (QED) is 0.530. The van der Waals surface area contributed by atoms with Crippen LogP contribution < -0.4 is 20.1 Å². The molecule has 1 aromatic heterocycles. The van der Waals surface area contributed by atoms with Crippen LogP contribution >= 0.6 is 0 Å². The lowest BCUT2D eigenvalue weighted by Crippen LogP contribution is -2.35. The summed E-state index contributed by atoms with van der Waals surface area (Å²) in [5.41, 5.74) is 5.31. The number of fused-ring (bicyclic) bond motifs is 3. The van der Waals surface area contributed by atoms with Crippen molar-refractivity contribution in [1.82, 2.24) is 19.8 Å². The third-order valence-electron chi connectivity index (χ3n) is 6.59. The Morgan fingerprint density at radius 2 is 2.12 bits per heavy atom. The van der Waals surface area contributed by atoms with Gasteiger partial charge in [-0.05, 0) is 54.4 Å². The second kappa shape index (κ2) is 8.36. The van der Waals surface area contributed by atoms with E-state index >= 15 is 0 Å². The lowest BCUT2D eigenvalue weighted by atomic mass is 9.93. The van der Waals surface area contributed by atoms with Crippen molar-refractivity contribution in [3.63, 3.8) is 0 Å². The predicted molar refractivity (Wildman–Crippen MR) is 122 cm³/mol. The number of benzene rings is 1. The molecule has 0 radical (unpaired) electrons. The van der Waals surface area contributed by atoms with Gasteiger partial charge in [0, 0.05) is 38.0 Å². The van der Waals surface area contributed by atoms with E-state index < -0.39 is 15.9 Å². The maximum atomic E-state index is 13.1. The molecule has 33 heavy (non-hydrogen) atoms. The van der Waals surface area contributed by atoms with Crippen molar-refractivity contribution in [2.45, 2.75) is 62.8 Å². The molecule has 1 aromatic carbocycles. The molecule has 3 amide bonds. The minimum absolute atomic E-state index is 0.0735. The number of nitrogens with one attached hydrogen (secondary N) is 4. The number of ether oxygens (including phenoxy) is 1. The number of aryl methyl sites for hydroxylation is 3. The summed E-state index contributed by atoms with van der Waals surface area (Å²) in [6, 6.07) is 1.54. The summed E-state index contributed by atoms with van der Waals surface area (Å²) in [6.07, 6.45) is 6.72. The van der Waals surface area contributed by atoms with Crippen molar-refractivity contribution < 1.29 is 18.5 Å². The molecule has 4 N–H and O–H groups in total. The molecule has 0 fully saturated rings. The van der Waals surface area contributed by atoms with E-state index in [9.17, 15) is 13.8 Å². The molecule has 0 spiro atoms. The monoisotopic (exact) mass is 472 g/mol. The van der Waals surface area contributed by atoms with Crippen LogP contribution in [0.4, 0.5) is 10.5 Å². The Morgan fingerprint density at radius 3 is 2.94 bits per heavy atom. The summed E-state index contributed by atoms with van der Waals surface area (Å²) in [5.74, 6) is 0.289. The second-order valence-electron chi connectivity index (χ2n) is 8.84. The number of hydrogen-bond donors (Lipinski definition) is 4. The molecule has 176 valence electrons. The van der Waals surface area contributed by atoms with Crippen LogP contribution in [0.15, 0.2) is 17.2 Å². The van der Waals surface area contributed by atoms with Crippen molar-refractivity contribution in [3.8, 4) is 5.88 Å². The van der Waals surface area contributed by atoms with Crippen LogP contribution in [0.2, 0.25) is 0 Å². The maximum absolute atomic E-state index is 13.1. The number of nitrogens with zero attached hydrogens (tertiary/aromatic N) is 2. The van der Waals surface area contributed by atoms with Gasteiger partial charge < -0.3 is 15.4 Å². The Hall–Kier alpha value is -3.08. The lowest BCUT2D eigenvalue weighted by molar-refractivity contribution is -0.119. The Balaban J connectivity index is 1.42. The summed E-state index contributed by atoms with van der Waals surface area (Å²) in [6.45, 7) is 3.08. The highest BCUT2D eigenvalue weighted by atomic mass is 32.2. The number of carbonyl (C=O) groups excluding carboxylic acids is 2. The van der Waals surface area contributed by atoms with E-state index in [2.05, 4.69) is 26.5 Å². The topological polar surface area (TPSA) is 138 Å². The Kier molecular flexibility index (Phi) is 5.51. The van der Waals surface area contributed by atoms with E-state index in [1.807, 2.05) is 0 Å². The van der Waals surface area contributed by atoms with Crippen LogP contribution in [0.5, 0.6) is 5.88 Å². The summed E-state index contributed by atoms with van der Waals surface area (Å²) in [5, 5.41) is 9.96. The van der Waals surface area contributed by atoms with Gasteiger partial charge in [-0.15, -0.1) is 0 Å². The van der Waals surface area contributed by atoms with E-state index in [0.29, 0.717) is 19.7 Å². The zero-order valence-corrected chi connectivity index (χ0v) is 19.3. The molecule has 2 aliphatic carbocycles. The number of hydrogen-bond acceptors (Lipinski definition) is 6. The first-order chi connectivity index (χ1) is 15.8. The SMILES string of the molecule is CC(=O)NCC1CCc2cc3c(c(NC(=O)NS(=N)(=O)c4cnn5c4OCCC5)c21)CCC3. The van der Waals surface area contributed by atoms with Gasteiger partial charge in [0.1, 0.15) is 4.90 Å². The Labute approximate surface area is 192 Å². The van der Waals surface area contributed by atoms with Crippen molar-refractivity contribution >= 4 is 27.5 Å². The molecule has 10 nitrogen and oxygen atoms in total. The molecule has 1 aliphatic heterocycles. The normalized spacial score (nSPS) is 20.1. The van der Waals surface area contributed by atoms with E-state index in [1.54, 1.807) is 4.68 Å². The smallest absolute Gasteiger partial charge is 0.331 e. The van der Waals surface area contributed by atoms with Gasteiger partial charge in [-0.25, -0.2) is 23.2 Å². The van der Waals surface area contributed by atoms with E-state index in [-0.39, 0.29) is 22.6 Å². The van der Waals surface area contributed by atoms with Crippen molar-refractivity contribution in [3.05, 3.63) is 34.5 Å². The molecule has 5 rings (SSSR count). The molecular weight excluding hydrogens is 444 g/mol. The highest BCUT2D eigenvalue weighted by molar-refractivity contribution is 7.91. The molecule has 3 aliphatic rings. The molecule has 0 bridgehead atoms. The third-order valence-corrected chi connectivity index (χ3v) is 7.96. The Bertz CT molecular complexity index is 1240. The van der Waals surface area contributed by atoms with Gasteiger partial charge in [-0.1, -0.05) is 6.07 Å². The van der Waals surface area contributed by atoms with Gasteiger partial charge in [0.15, 0.2) is 9.92 Å². The van der Waals surface area contributed by atoms with Crippen LogP contribution in [0.3, 0.4) is 0 Å². The van der Waals surface area contributed by atoms with Crippen LogP contribution in [0.1, 0.15) is 54.4 Å². The van der Waals surface area contributed by atoms with Gasteiger partial charge >= 0.3 is 6.03 Å². The number of carbonyl (C=O) groups is 2. The fraction of sp³-hybridized carbons (Fsp3) is 0.500. The fourth-order valence-electron chi connectivity index (χ4n) is 5.15. The fourth-order valence-corrected chi connectivity index (χ4v) is 6.18. The minimum atomic E-state index is -3.67. The summed E-state index contributed by atoms with van der Waals surface area (Å²) < 4.78 is 31.0. The van der Waals surface area contributed by atoms with Gasteiger partial charge in [-0.3, -0.25) is 4.79 Å². The standard InChI is InChI=1S/C22H28N6O4S/c1-13(29)24-11-16-7-6-15-10-14-4-2-5-17(14)20(19(15)16)26-22(30)27-33(23,31)18-12-25-28-8-3-9-32-21(18)28/h10,12,16H,2-9,11H2,1H3,(H,24,29)(H3,23,26,27,30,31). The average molecular weight is 473 g/mol. The van der Waals surface area contributed by atoms with Crippen LogP contribution in [0.25, 0.3) is 0 Å². The number of anilines is 1. The van der Waals surface area contributed by atoms with Crippen LogP contribution in [0, 0.1) is 4.78 Å². The highest BCUT2D eigenvalue weighted by Crippen LogP contribution is 2.44. The van der Waals surface area contributed by atoms with Gasteiger partial charge in [0.2, 0.25) is 11.8 Å². The van der Waals surface area contributed by atoms with Crippen LogP contribution in [-0.2, 0) is 40.5 Å². The average Bonchev–Trinajstić information content (AvgIpc) is 3.49. The zero-order chi connectivity index (χ0) is 23.2. The second-order valence-corrected chi connectivity index (χ2v) is 10.6. The third kappa shape index (κ3) is 4.05. The van der Waals surface area contributed by atoms with Gasteiger partial charge in [0.05, 0.1) is 12.8 Å². The van der Waals surface area contributed by atoms with Crippen molar-refractivity contribution in [2.75, 3.05) is 18.5 Å². The lowest BCUT2D eigenvalue weighted by Gasteiger charge is -2.21. The summed E-state index contributed by atoms with van der Waals surface area (Å²) >= 11 is 0. The molecule has 11 heteroatoms. The predicted octanol–water partition coefficient (Wildman–Crippen LogP) is 2.46. The highest BCUT2D eigenvalue weighted by Gasteiger charge is 2.32. The first-order valence-corrected chi connectivity index (χ1v) is 12.9. The molecule has 2 heterocycles. The van der Waals surface area contributed by atoms with Crippen molar-refractivity contribution in [2.24, 2.45) is 0 Å². The first-order valence-electron chi connectivity index (χ1n) is 11.3. The molecule has 2 aromatic rings. The van der Waals surface area contributed by atoms with E-state index in [1.165, 1.54) is 24.2 Å².